The molecule has 2 aromatic rings. The summed E-state index contributed by atoms with van der Waals surface area (Å²) in [7, 11) is -7.27. The molecule has 2 heterocycles. The molecule has 0 aliphatic heterocycles. The number of nitrogens with one attached hydrogen (secondary N) is 2. The quantitative estimate of drug-likeness (QED) is 0.719. The van der Waals surface area contributed by atoms with Crippen molar-refractivity contribution in [1.82, 2.24) is 19.9 Å². The number of aromatic amines is 1. The number of sulfone groups is 1. The number of aromatic nitrogens is 4. The predicted octanol–water partition coefficient (Wildman–Crippen LogP) is -0.207. The molecule has 2 aromatic heterocycles. The summed E-state index contributed by atoms with van der Waals surface area (Å²) in [5.41, 5.74) is 0.580. The van der Waals surface area contributed by atoms with E-state index in [9.17, 15) is 16.8 Å². The van der Waals surface area contributed by atoms with Crippen LogP contribution in [0.5, 0.6) is 0 Å². The van der Waals surface area contributed by atoms with Crippen LogP contribution in [0.1, 0.15) is 0 Å². The number of rotatable bonds is 5. The Kier molecular flexibility index (Phi) is 3.84. The number of imidazole rings is 1. The molecule has 110 valence electrons. The van der Waals surface area contributed by atoms with Crippen LogP contribution in [0.2, 0.25) is 5.15 Å². The number of fused-ring (bicyclic) bond motifs is 1. The number of hydrogen-bond donors (Lipinski definition) is 2. The van der Waals surface area contributed by atoms with Crippen molar-refractivity contribution in [2.45, 2.75) is 0 Å². The zero-order valence-corrected chi connectivity index (χ0v) is 12.5. The lowest BCUT2D eigenvalue weighted by Crippen LogP contribution is -2.23. The third kappa shape index (κ3) is 3.77. The highest BCUT2D eigenvalue weighted by Gasteiger charge is 2.17. The molecule has 0 bridgehead atoms. The van der Waals surface area contributed by atoms with Crippen LogP contribution >= 0.6 is 11.6 Å². The summed E-state index contributed by atoms with van der Waals surface area (Å²) in [6.45, 7) is 0. The van der Waals surface area contributed by atoms with Crippen LogP contribution in [0.4, 0.5) is 5.95 Å². The van der Waals surface area contributed by atoms with Crippen molar-refractivity contribution in [2.24, 2.45) is 0 Å². The van der Waals surface area contributed by atoms with E-state index in [4.69, 9.17) is 11.6 Å². The molecule has 2 rings (SSSR count). The van der Waals surface area contributed by atoms with Crippen LogP contribution in [0.3, 0.4) is 0 Å². The summed E-state index contributed by atoms with van der Waals surface area (Å²) in [4.78, 5) is 14.1. The topological polar surface area (TPSA) is 135 Å². The van der Waals surface area contributed by atoms with Gasteiger partial charge in [0.2, 0.25) is 16.0 Å². The zero-order valence-electron chi connectivity index (χ0n) is 10.2. The van der Waals surface area contributed by atoms with Crippen molar-refractivity contribution in [1.29, 1.82) is 0 Å². The van der Waals surface area contributed by atoms with Gasteiger partial charge in [-0.25, -0.2) is 21.8 Å². The third-order valence-corrected chi connectivity index (χ3v) is 4.92. The maximum Gasteiger partial charge on any atom is 0.240 e. The van der Waals surface area contributed by atoms with Gasteiger partial charge in [-0.05, 0) is 0 Å². The molecular weight excluding hydrogens is 330 g/mol. The monoisotopic (exact) mass is 339 g/mol. The molecule has 9 nitrogen and oxygen atoms in total. The van der Waals surface area contributed by atoms with Crippen LogP contribution in [0.25, 0.3) is 11.2 Å². The lowest BCUT2D eigenvalue weighted by Gasteiger charge is -2.06. The Labute approximate surface area is 119 Å². The first-order chi connectivity index (χ1) is 9.16. The highest BCUT2D eigenvalue weighted by Crippen LogP contribution is 2.18. The Balaban J connectivity index is 2.23. The fraction of sp³-hybridized carbons (Fsp3) is 0.375. The first kappa shape index (κ1) is 14.9. The van der Waals surface area contributed by atoms with Gasteiger partial charge < -0.3 is 4.98 Å². The van der Waals surface area contributed by atoms with Gasteiger partial charge in [-0.3, -0.25) is 4.72 Å². The lowest BCUT2D eigenvalue weighted by molar-refractivity contribution is 0.593. The molecule has 0 fully saturated rings. The van der Waals surface area contributed by atoms with Gasteiger partial charge in [0, 0.05) is 6.26 Å². The molecule has 0 saturated heterocycles. The van der Waals surface area contributed by atoms with Crippen LogP contribution in [-0.4, -0.2) is 54.5 Å². The summed E-state index contributed by atoms with van der Waals surface area (Å²) in [6, 6.07) is 0. The minimum absolute atomic E-state index is 0.00770. The Morgan fingerprint density at radius 1 is 1.25 bits per heavy atom. The summed E-state index contributed by atoms with van der Waals surface area (Å²) in [5.74, 6) is -1.35. The number of H-pyrrole nitrogens is 1. The molecule has 20 heavy (non-hydrogen) atoms. The molecule has 0 spiro atoms. The van der Waals surface area contributed by atoms with Gasteiger partial charge in [0.05, 0.1) is 17.8 Å². The molecule has 0 radical (unpaired) electrons. The molecule has 0 amide bonds. The van der Waals surface area contributed by atoms with Crippen LogP contribution in [-0.2, 0) is 19.9 Å². The van der Waals surface area contributed by atoms with Gasteiger partial charge in [-0.1, -0.05) is 11.6 Å². The van der Waals surface area contributed by atoms with E-state index in [2.05, 4.69) is 24.7 Å². The SMILES string of the molecule is CS(=O)(=O)CCS(=O)(=O)Nc1nc(Cl)c2[nH]cnc2n1. The molecule has 0 saturated carbocycles. The summed E-state index contributed by atoms with van der Waals surface area (Å²) in [6.07, 6.45) is 2.29. The molecular formula is C8H10ClN5O4S2. The van der Waals surface area contributed by atoms with Gasteiger partial charge in [0.1, 0.15) is 15.4 Å². The van der Waals surface area contributed by atoms with E-state index >= 15 is 0 Å². The fourth-order valence-electron chi connectivity index (χ4n) is 1.29. The number of sulfonamides is 1. The second-order valence-corrected chi connectivity index (χ2v) is 8.45. The average Bonchev–Trinajstić information content (AvgIpc) is 2.73. The largest absolute Gasteiger partial charge is 0.341 e. The normalized spacial score (nSPS) is 12.7. The maximum absolute atomic E-state index is 11.7. The van der Waals surface area contributed by atoms with Crippen molar-refractivity contribution >= 4 is 48.6 Å². The van der Waals surface area contributed by atoms with Gasteiger partial charge in [-0.15, -0.1) is 0 Å². The van der Waals surface area contributed by atoms with Crippen LogP contribution < -0.4 is 4.72 Å². The van der Waals surface area contributed by atoms with Gasteiger partial charge in [0.15, 0.2) is 10.8 Å². The Morgan fingerprint density at radius 2 is 1.95 bits per heavy atom. The molecule has 0 unspecified atom stereocenters. The zero-order chi connectivity index (χ0) is 15.0. The first-order valence-corrected chi connectivity index (χ1v) is 9.30. The number of nitrogens with zero attached hydrogens (tertiary/aromatic N) is 3. The Morgan fingerprint density at radius 3 is 2.60 bits per heavy atom. The minimum Gasteiger partial charge on any atom is -0.341 e. The van der Waals surface area contributed by atoms with Gasteiger partial charge >= 0.3 is 0 Å². The second kappa shape index (κ2) is 5.14. The van der Waals surface area contributed by atoms with Gasteiger partial charge in [-0.2, -0.15) is 9.97 Å². The van der Waals surface area contributed by atoms with E-state index in [1.54, 1.807) is 0 Å². The van der Waals surface area contributed by atoms with Crippen molar-refractivity contribution in [3.63, 3.8) is 0 Å². The number of hydrogen-bond acceptors (Lipinski definition) is 7. The summed E-state index contributed by atoms with van der Waals surface area (Å²) in [5, 5.41) is 0.00770. The fourth-order valence-corrected chi connectivity index (χ4v) is 4.07. The molecule has 0 atom stereocenters. The predicted molar refractivity (Wildman–Crippen MR) is 73.8 cm³/mol. The van der Waals surface area contributed by atoms with Crippen LogP contribution in [0, 0.1) is 0 Å². The van der Waals surface area contributed by atoms with E-state index < -0.39 is 31.4 Å². The van der Waals surface area contributed by atoms with Crippen molar-refractivity contribution in [3.05, 3.63) is 11.5 Å². The van der Waals surface area contributed by atoms with E-state index in [0.29, 0.717) is 5.52 Å². The Bertz CT molecular complexity index is 845. The second-order valence-electron chi connectivity index (χ2n) is 3.99. The van der Waals surface area contributed by atoms with E-state index in [0.717, 1.165) is 6.26 Å². The third-order valence-electron chi connectivity index (χ3n) is 2.21. The lowest BCUT2D eigenvalue weighted by atomic mass is 10.6. The average molecular weight is 340 g/mol. The van der Waals surface area contributed by atoms with E-state index in [1.165, 1.54) is 6.33 Å². The first-order valence-electron chi connectivity index (χ1n) is 5.21. The summed E-state index contributed by atoms with van der Waals surface area (Å²) >= 11 is 5.83. The van der Waals surface area contributed by atoms with Crippen molar-refractivity contribution < 1.29 is 16.8 Å². The number of anilines is 1. The maximum atomic E-state index is 11.7. The smallest absolute Gasteiger partial charge is 0.240 e. The molecule has 0 aliphatic carbocycles. The molecule has 2 N–H and O–H groups in total. The van der Waals surface area contributed by atoms with Gasteiger partial charge in [0.25, 0.3) is 0 Å². The minimum atomic E-state index is -3.89. The number of halogens is 1. The highest BCUT2D eigenvalue weighted by atomic mass is 35.5. The highest BCUT2D eigenvalue weighted by molar-refractivity contribution is 7.95. The summed E-state index contributed by atoms with van der Waals surface area (Å²) < 4.78 is 47.4. The van der Waals surface area contributed by atoms with Crippen molar-refractivity contribution in [3.8, 4) is 0 Å². The standard InChI is InChI=1S/C8H10ClN5O4S2/c1-19(15,16)2-3-20(17,18)14-8-12-6(9)5-7(13-8)11-4-10-5/h4H,2-3H2,1H3,(H2,10,11,12,13,14). The Hall–Kier alpha value is -1.46. The molecule has 12 heteroatoms. The molecule has 0 aromatic carbocycles. The van der Waals surface area contributed by atoms with E-state index in [1.807, 2.05) is 0 Å². The molecule has 0 aliphatic rings. The van der Waals surface area contributed by atoms with Crippen LogP contribution in [0.15, 0.2) is 6.33 Å². The van der Waals surface area contributed by atoms with Crippen molar-refractivity contribution in [2.75, 3.05) is 22.5 Å². The van der Waals surface area contributed by atoms with E-state index in [-0.39, 0.29) is 16.7 Å².